The second-order valence-corrected chi connectivity index (χ2v) is 9.76. The Morgan fingerprint density at radius 2 is 1.90 bits per heavy atom. The number of hydrogen-bond donors (Lipinski definition) is 1. The minimum absolute atomic E-state index is 0.127. The van der Waals surface area contributed by atoms with E-state index in [1.807, 2.05) is 6.92 Å². The van der Waals surface area contributed by atoms with Crippen molar-refractivity contribution in [3.8, 4) is 0 Å². The van der Waals surface area contributed by atoms with Gasteiger partial charge in [-0.25, -0.2) is 8.42 Å². The van der Waals surface area contributed by atoms with Crippen LogP contribution in [0.4, 0.5) is 0 Å². The van der Waals surface area contributed by atoms with E-state index in [0.29, 0.717) is 50.5 Å². The molecule has 0 atom stereocenters. The quantitative estimate of drug-likeness (QED) is 0.467. The van der Waals surface area contributed by atoms with Gasteiger partial charge in [-0.3, -0.25) is 9.89 Å². The van der Waals surface area contributed by atoms with Crippen LogP contribution in [-0.2, 0) is 15.8 Å². The average Bonchev–Trinajstić information content (AvgIpc) is 3.16. The molecule has 0 saturated carbocycles. The first kappa shape index (κ1) is 23.6. The van der Waals surface area contributed by atoms with Gasteiger partial charge in [0.2, 0.25) is 10.0 Å². The van der Waals surface area contributed by atoms with Gasteiger partial charge in [-0.15, -0.1) is 0 Å². The zero-order valence-electron chi connectivity index (χ0n) is 18.3. The Bertz CT molecular complexity index is 717. The molecule has 2 rings (SSSR count). The van der Waals surface area contributed by atoms with E-state index in [2.05, 4.69) is 48.0 Å². The van der Waals surface area contributed by atoms with Crippen molar-refractivity contribution in [1.29, 1.82) is 0 Å². The fourth-order valence-electron chi connectivity index (χ4n) is 3.58. The van der Waals surface area contributed by atoms with Crippen LogP contribution in [0, 0.1) is 0 Å². The van der Waals surface area contributed by atoms with Crippen molar-refractivity contribution in [3.63, 3.8) is 0 Å². The van der Waals surface area contributed by atoms with Gasteiger partial charge in [0.1, 0.15) is 12.0 Å². The molecule has 1 saturated heterocycles. The minimum atomic E-state index is -3.40. The van der Waals surface area contributed by atoms with Crippen LogP contribution < -0.4 is 5.32 Å². The van der Waals surface area contributed by atoms with Crippen LogP contribution in [-0.4, -0.2) is 91.5 Å². The van der Waals surface area contributed by atoms with E-state index in [0.717, 1.165) is 19.0 Å². The lowest BCUT2D eigenvalue weighted by atomic mass is 10.2. The molecule has 166 valence electrons. The number of guanidine groups is 1. The molecule has 0 aliphatic carbocycles. The standard InChI is InChI=1S/C19H36N6O3S/c1-6-20-19(21-8-9-25(16(2)3)17(4)5)23-10-12-24(13-11-23)29(26,27)15-18-7-14-28-22-18/h7,14,16-17H,6,8-13,15H2,1-5H3,(H,20,21). The largest absolute Gasteiger partial charge is 0.364 e. The number of aliphatic imine (C=N–C) groups is 1. The first-order chi connectivity index (χ1) is 13.7. The van der Waals surface area contributed by atoms with Gasteiger partial charge in [-0.05, 0) is 34.6 Å². The summed E-state index contributed by atoms with van der Waals surface area (Å²) in [5.74, 6) is 0.728. The van der Waals surface area contributed by atoms with E-state index >= 15 is 0 Å². The zero-order chi connectivity index (χ0) is 21.4. The van der Waals surface area contributed by atoms with Crippen molar-refractivity contribution in [1.82, 2.24) is 24.6 Å². The van der Waals surface area contributed by atoms with Crippen molar-refractivity contribution in [3.05, 3.63) is 18.0 Å². The van der Waals surface area contributed by atoms with Crippen LogP contribution >= 0.6 is 0 Å². The lowest BCUT2D eigenvalue weighted by Crippen LogP contribution is -2.54. The first-order valence-electron chi connectivity index (χ1n) is 10.4. The van der Waals surface area contributed by atoms with Crippen molar-refractivity contribution < 1.29 is 12.9 Å². The van der Waals surface area contributed by atoms with Crippen LogP contribution in [0.5, 0.6) is 0 Å². The normalized spacial score (nSPS) is 17.0. The summed E-state index contributed by atoms with van der Waals surface area (Å²) in [6, 6.07) is 2.54. The molecule has 1 aromatic heterocycles. The Balaban J connectivity index is 1.93. The van der Waals surface area contributed by atoms with E-state index in [-0.39, 0.29) is 5.75 Å². The molecule has 0 radical (unpaired) electrons. The van der Waals surface area contributed by atoms with Crippen LogP contribution in [0.2, 0.25) is 0 Å². The molecule has 0 amide bonds. The van der Waals surface area contributed by atoms with Gasteiger partial charge in [0, 0.05) is 57.4 Å². The van der Waals surface area contributed by atoms with E-state index in [1.165, 1.54) is 10.6 Å². The highest BCUT2D eigenvalue weighted by molar-refractivity contribution is 7.88. The Hall–Kier alpha value is -1.65. The zero-order valence-corrected chi connectivity index (χ0v) is 19.2. The van der Waals surface area contributed by atoms with Gasteiger partial charge in [-0.2, -0.15) is 4.31 Å². The number of hydrogen-bond acceptors (Lipinski definition) is 6. The van der Waals surface area contributed by atoms with Gasteiger partial charge in [0.05, 0.1) is 12.2 Å². The highest BCUT2D eigenvalue weighted by Crippen LogP contribution is 2.13. The Morgan fingerprint density at radius 1 is 1.24 bits per heavy atom. The molecule has 0 spiro atoms. The predicted molar refractivity (Wildman–Crippen MR) is 115 cm³/mol. The number of piperazine rings is 1. The summed E-state index contributed by atoms with van der Waals surface area (Å²) >= 11 is 0. The number of nitrogens with zero attached hydrogens (tertiary/aromatic N) is 5. The molecule has 1 fully saturated rings. The maximum atomic E-state index is 12.6. The molecule has 29 heavy (non-hydrogen) atoms. The fourth-order valence-corrected chi connectivity index (χ4v) is 5.00. The highest BCUT2D eigenvalue weighted by atomic mass is 32.2. The lowest BCUT2D eigenvalue weighted by molar-refractivity contribution is 0.180. The van der Waals surface area contributed by atoms with Crippen LogP contribution in [0.15, 0.2) is 21.8 Å². The Labute approximate surface area is 175 Å². The summed E-state index contributed by atoms with van der Waals surface area (Å²) in [5.41, 5.74) is 0.433. The third kappa shape index (κ3) is 6.97. The summed E-state index contributed by atoms with van der Waals surface area (Å²) < 4.78 is 31.5. The third-order valence-electron chi connectivity index (χ3n) is 5.03. The highest BCUT2D eigenvalue weighted by Gasteiger charge is 2.29. The Morgan fingerprint density at radius 3 is 2.41 bits per heavy atom. The minimum Gasteiger partial charge on any atom is -0.364 e. The van der Waals surface area contributed by atoms with Crippen LogP contribution in [0.1, 0.15) is 40.3 Å². The molecule has 1 aliphatic rings. The lowest BCUT2D eigenvalue weighted by Gasteiger charge is -2.36. The molecular formula is C19H36N6O3S. The van der Waals surface area contributed by atoms with E-state index in [4.69, 9.17) is 9.52 Å². The number of sulfonamides is 1. The van der Waals surface area contributed by atoms with Crippen molar-refractivity contribution >= 4 is 16.0 Å². The summed E-state index contributed by atoms with van der Waals surface area (Å²) in [7, 11) is -3.40. The maximum absolute atomic E-state index is 12.6. The van der Waals surface area contributed by atoms with E-state index in [9.17, 15) is 8.42 Å². The monoisotopic (exact) mass is 428 g/mol. The molecular weight excluding hydrogens is 392 g/mol. The summed E-state index contributed by atoms with van der Waals surface area (Å²) in [6.45, 7) is 15.3. The SMILES string of the molecule is CCNC(=NCCN(C(C)C)C(C)C)N1CCN(S(=O)(=O)Cc2ccon2)CC1. The van der Waals surface area contributed by atoms with Gasteiger partial charge in [0.25, 0.3) is 0 Å². The summed E-state index contributed by atoms with van der Waals surface area (Å²) in [5, 5.41) is 7.05. The topological polar surface area (TPSA) is 94.3 Å². The predicted octanol–water partition coefficient (Wildman–Crippen LogP) is 1.21. The van der Waals surface area contributed by atoms with Crippen LogP contribution in [0.3, 0.4) is 0 Å². The fraction of sp³-hybridized carbons (Fsp3) is 0.789. The molecule has 10 heteroatoms. The summed E-state index contributed by atoms with van der Waals surface area (Å²) in [4.78, 5) is 9.35. The third-order valence-corrected chi connectivity index (χ3v) is 6.85. The van der Waals surface area contributed by atoms with Crippen molar-refractivity contribution in [2.24, 2.45) is 4.99 Å². The van der Waals surface area contributed by atoms with E-state index in [1.54, 1.807) is 6.07 Å². The van der Waals surface area contributed by atoms with Gasteiger partial charge in [-0.1, -0.05) is 5.16 Å². The molecule has 0 unspecified atom stereocenters. The molecule has 9 nitrogen and oxygen atoms in total. The maximum Gasteiger partial charge on any atom is 0.220 e. The summed E-state index contributed by atoms with van der Waals surface area (Å²) in [6.07, 6.45) is 1.39. The molecule has 1 aliphatic heterocycles. The molecule has 0 aromatic carbocycles. The van der Waals surface area contributed by atoms with E-state index < -0.39 is 10.0 Å². The number of nitrogens with one attached hydrogen (secondary N) is 1. The number of aromatic nitrogens is 1. The second-order valence-electron chi connectivity index (χ2n) is 7.79. The van der Waals surface area contributed by atoms with Gasteiger partial charge >= 0.3 is 0 Å². The first-order valence-corrected chi connectivity index (χ1v) is 12.0. The van der Waals surface area contributed by atoms with Crippen molar-refractivity contribution in [2.75, 3.05) is 45.8 Å². The second kappa shape index (κ2) is 10.9. The molecule has 2 heterocycles. The molecule has 0 bridgehead atoms. The molecule has 1 N–H and O–H groups in total. The van der Waals surface area contributed by atoms with Crippen molar-refractivity contribution in [2.45, 2.75) is 52.5 Å². The molecule has 1 aromatic rings. The Kier molecular flexibility index (Phi) is 8.91. The average molecular weight is 429 g/mol. The number of rotatable bonds is 9. The smallest absolute Gasteiger partial charge is 0.220 e. The van der Waals surface area contributed by atoms with Gasteiger partial charge < -0.3 is 14.7 Å². The van der Waals surface area contributed by atoms with Crippen LogP contribution in [0.25, 0.3) is 0 Å². The van der Waals surface area contributed by atoms with Gasteiger partial charge in [0.15, 0.2) is 5.96 Å².